The first kappa shape index (κ1) is 17.5. The van der Waals surface area contributed by atoms with Gasteiger partial charge in [-0.25, -0.2) is 4.39 Å². The van der Waals surface area contributed by atoms with Gasteiger partial charge in [0.05, 0.1) is 24.5 Å². The average molecular weight is 381 g/mol. The van der Waals surface area contributed by atoms with Gasteiger partial charge >= 0.3 is 0 Å². The number of carbonyl (C=O) groups is 1. The smallest absolute Gasteiger partial charge is 0.243 e. The molecule has 5 nitrogen and oxygen atoms in total. The van der Waals surface area contributed by atoms with E-state index in [0.717, 1.165) is 38.2 Å². The summed E-state index contributed by atoms with van der Waals surface area (Å²) in [6.07, 6.45) is 2.01. The SMILES string of the molecule is O=C1CN2c3c(cccc3[C@@H]3CN(CCCOc4ccc(F)cc4)CCC32)N1. The molecule has 0 bridgehead atoms. The van der Waals surface area contributed by atoms with Gasteiger partial charge in [0.15, 0.2) is 0 Å². The van der Waals surface area contributed by atoms with Crippen LogP contribution in [0.25, 0.3) is 0 Å². The molecule has 0 saturated carbocycles. The summed E-state index contributed by atoms with van der Waals surface area (Å²) in [6.45, 7) is 4.14. The summed E-state index contributed by atoms with van der Waals surface area (Å²) in [5.74, 6) is 1.01. The fourth-order valence-corrected chi connectivity index (χ4v) is 4.89. The number of hydrogen-bond acceptors (Lipinski definition) is 4. The molecule has 0 aromatic heterocycles. The van der Waals surface area contributed by atoms with Crippen LogP contribution < -0.4 is 15.0 Å². The number of hydrogen-bond donors (Lipinski definition) is 1. The zero-order valence-electron chi connectivity index (χ0n) is 15.7. The van der Waals surface area contributed by atoms with E-state index in [9.17, 15) is 9.18 Å². The van der Waals surface area contributed by atoms with E-state index in [1.807, 2.05) is 6.07 Å². The van der Waals surface area contributed by atoms with Crippen molar-refractivity contribution in [3.05, 3.63) is 53.8 Å². The molecule has 2 atom stereocenters. The van der Waals surface area contributed by atoms with Gasteiger partial charge in [-0.1, -0.05) is 12.1 Å². The molecular formula is C22H24FN3O2. The van der Waals surface area contributed by atoms with Crippen LogP contribution in [0.1, 0.15) is 24.3 Å². The Morgan fingerprint density at radius 2 is 2.04 bits per heavy atom. The molecule has 2 aromatic rings. The van der Waals surface area contributed by atoms with Crippen LogP contribution in [0.15, 0.2) is 42.5 Å². The third-order valence-electron chi connectivity index (χ3n) is 6.10. The highest BCUT2D eigenvalue weighted by molar-refractivity contribution is 6.03. The van der Waals surface area contributed by atoms with Crippen molar-refractivity contribution in [3.63, 3.8) is 0 Å². The Kier molecular flexibility index (Phi) is 4.43. The van der Waals surface area contributed by atoms with E-state index in [-0.39, 0.29) is 11.7 Å². The van der Waals surface area contributed by atoms with Crippen molar-refractivity contribution >= 4 is 17.3 Å². The molecule has 2 aromatic carbocycles. The fourth-order valence-electron chi connectivity index (χ4n) is 4.89. The van der Waals surface area contributed by atoms with Gasteiger partial charge in [-0.2, -0.15) is 0 Å². The second-order valence-electron chi connectivity index (χ2n) is 7.84. The van der Waals surface area contributed by atoms with Crippen molar-refractivity contribution in [2.24, 2.45) is 0 Å². The molecule has 0 radical (unpaired) electrons. The fraction of sp³-hybridized carbons (Fsp3) is 0.409. The van der Waals surface area contributed by atoms with E-state index >= 15 is 0 Å². The lowest BCUT2D eigenvalue weighted by molar-refractivity contribution is -0.115. The normalized spacial score (nSPS) is 23.2. The Morgan fingerprint density at radius 1 is 1.18 bits per heavy atom. The van der Waals surface area contributed by atoms with Crippen molar-refractivity contribution in [1.29, 1.82) is 0 Å². The van der Waals surface area contributed by atoms with Crippen LogP contribution >= 0.6 is 0 Å². The molecule has 146 valence electrons. The maximum atomic E-state index is 12.9. The number of benzene rings is 2. The van der Waals surface area contributed by atoms with Crippen molar-refractivity contribution in [2.75, 3.05) is 43.0 Å². The van der Waals surface area contributed by atoms with Crippen LogP contribution in [0.3, 0.4) is 0 Å². The van der Waals surface area contributed by atoms with Crippen molar-refractivity contribution < 1.29 is 13.9 Å². The van der Waals surface area contributed by atoms with E-state index in [1.54, 1.807) is 12.1 Å². The maximum Gasteiger partial charge on any atom is 0.243 e. The number of amides is 1. The summed E-state index contributed by atoms with van der Waals surface area (Å²) in [5.41, 5.74) is 3.57. The Morgan fingerprint density at radius 3 is 2.89 bits per heavy atom. The molecule has 1 fully saturated rings. The van der Waals surface area contributed by atoms with Gasteiger partial charge in [0.1, 0.15) is 11.6 Å². The van der Waals surface area contributed by atoms with Gasteiger partial charge < -0.3 is 19.9 Å². The first-order valence-corrected chi connectivity index (χ1v) is 9.99. The van der Waals surface area contributed by atoms with E-state index in [4.69, 9.17) is 4.74 Å². The highest BCUT2D eigenvalue weighted by Crippen LogP contribution is 2.49. The number of piperidine rings is 1. The third kappa shape index (κ3) is 3.11. The number of carbonyl (C=O) groups excluding carboxylic acids is 1. The van der Waals surface area contributed by atoms with E-state index in [1.165, 1.54) is 23.4 Å². The zero-order valence-corrected chi connectivity index (χ0v) is 15.7. The minimum absolute atomic E-state index is 0.0886. The summed E-state index contributed by atoms with van der Waals surface area (Å²) in [4.78, 5) is 16.9. The van der Waals surface area contributed by atoms with Crippen LogP contribution in [-0.2, 0) is 4.79 Å². The van der Waals surface area contributed by atoms with E-state index < -0.39 is 0 Å². The maximum absolute atomic E-state index is 12.9. The number of rotatable bonds is 5. The largest absolute Gasteiger partial charge is 0.494 e. The molecule has 1 unspecified atom stereocenters. The molecule has 3 aliphatic rings. The third-order valence-corrected chi connectivity index (χ3v) is 6.10. The van der Waals surface area contributed by atoms with Gasteiger partial charge in [0, 0.05) is 31.6 Å². The molecule has 1 saturated heterocycles. The van der Waals surface area contributed by atoms with Crippen LogP contribution in [0.4, 0.5) is 15.8 Å². The molecule has 0 aliphatic carbocycles. The molecule has 3 heterocycles. The number of anilines is 2. The number of para-hydroxylation sites is 1. The summed E-state index contributed by atoms with van der Waals surface area (Å²) in [6, 6.07) is 12.9. The van der Waals surface area contributed by atoms with E-state index in [2.05, 4.69) is 27.2 Å². The standard InChI is InChI=1S/C22H24FN3O2/c23-15-5-7-16(8-6-15)28-12-2-10-25-11-9-20-18(13-25)17-3-1-4-19-22(17)26(20)14-21(27)24-19/h1,3-8,18,20H,2,9-14H2,(H,24,27)/t18-,20?/m0/s1. The topological polar surface area (TPSA) is 44.8 Å². The predicted octanol–water partition coefficient (Wildman–Crippen LogP) is 3.22. The summed E-state index contributed by atoms with van der Waals surface area (Å²) < 4.78 is 18.7. The summed E-state index contributed by atoms with van der Waals surface area (Å²) in [5, 5.41) is 3.02. The van der Waals surface area contributed by atoms with Crippen molar-refractivity contribution in [1.82, 2.24) is 4.90 Å². The first-order valence-electron chi connectivity index (χ1n) is 9.99. The molecule has 1 N–H and O–H groups in total. The summed E-state index contributed by atoms with van der Waals surface area (Å²) in [7, 11) is 0. The summed E-state index contributed by atoms with van der Waals surface area (Å²) >= 11 is 0. The van der Waals surface area contributed by atoms with Crippen LogP contribution in [0.5, 0.6) is 5.75 Å². The molecule has 0 spiro atoms. The van der Waals surface area contributed by atoms with Gasteiger partial charge in [-0.15, -0.1) is 0 Å². The van der Waals surface area contributed by atoms with Crippen molar-refractivity contribution in [3.8, 4) is 5.75 Å². The minimum Gasteiger partial charge on any atom is -0.494 e. The molecular weight excluding hydrogens is 357 g/mol. The molecule has 5 rings (SSSR count). The molecule has 3 aliphatic heterocycles. The Hall–Kier alpha value is -2.60. The van der Waals surface area contributed by atoms with Crippen LogP contribution in [0, 0.1) is 5.82 Å². The second-order valence-corrected chi connectivity index (χ2v) is 7.84. The average Bonchev–Trinajstić information content (AvgIpc) is 3.01. The molecule has 1 amide bonds. The van der Waals surface area contributed by atoms with Gasteiger partial charge in [-0.3, -0.25) is 4.79 Å². The lowest BCUT2D eigenvalue weighted by Gasteiger charge is -2.39. The minimum atomic E-state index is -0.245. The van der Waals surface area contributed by atoms with Crippen molar-refractivity contribution in [2.45, 2.75) is 24.8 Å². The number of fused-ring (bicyclic) bond motifs is 3. The number of nitrogens with zero attached hydrogens (tertiary/aromatic N) is 2. The number of likely N-dealkylation sites (tertiary alicyclic amines) is 1. The van der Waals surface area contributed by atoms with Gasteiger partial charge in [-0.05, 0) is 48.7 Å². The predicted molar refractivity (Wildman–Crippen MR) is 107 cm³/mol. The Balaban J connectivity index is 1.20. The number of ether oxygens (including phenoxy) is 1. The quantitative estimate of drug-likeness (QED) is 0.808. The second kappa shape index (κ2) is 7.09. The van der Waals surface area contributed by atoms with Gasteiger partial charge in [0.25, 0.3) is 0 Å². The first-order chi connectivity index (χ1) is 13.7. The van der Waals surface area contributed by atoms with Gasteiger partial charge in [0.2, 0.25) is 5.91 Å². The Labute approximate surface area is 164 Å². The zero-order chi connectivity index (χ0) is 19.1. The Bertz CT molecular complexity index is 886. The van der Waals surface area contributed by atoms with E-state index in [0.29, 0.717) is 30.9 Å². The highest BCUT2D eigenvalue weighted by atomic mass is 19.1. The molecule has 6 heteroatoms. The number of halogens is 1. The number of nitrogens with one attached hydrogen (secondary N) is 1. The lowest BCUT2D eigenvalue weighted by Crippen LogP contribution is -2.49. The monoisotopic (exact) mass is 381 g/mol. The van der Waals surface area contributed by atoms with Crippen LogP contribution in [0.2, 0.25) is 0 Å². The van der Waals surface area contributed by atoms with Crippen LogP contribution in [-0.4, -0.2) is 49.6 Å². The lowest BCUT2D eigenvalue weighted by atomic mass is 9.89. The highest BCUT2D eigenvalue weighted by Gasteiger charge is 2.44. The molecule has 28 heavy (non-hydrogen) atoms.